The van der Waals surface area contributed by atoms with Crippen LogP contribution in [0.3, 0.4) is 0 Å². The summed E-state index contributed by atoms with van der Waals surface area (Å²) in [7, 11) is 4.22. The van der Waals surface area contributed by atoms with Crippen LogP contribution in [0.5, 0.6) is 0 Å². The lowest BCUT2D eigenvalue weighted by Crippen LogP contribution is -2.49. The minimum atomic E-state index is -0.371. The molecule has 0 heterocycles. The Morgan fingerprint density at radius 3 is 2.18 bits per heavy atom. The number of amides is 1. The Morgan fingerprint density at radius 2 is 1.73 bits per heavy atom. The molecule has 2 atom stereocenters. The van der Waals surface area contributed by atoms with Gasteiger partial charge in [-0.3, -0.25) is 4.79 Å². The zero-order chi connectivity index (χ0) is 15.1. The Morgan fingerprint density at radius 1 is 1.18 bits per heavy atom. The van der Waals surface area contributed by atoms with Crippen molar-refractivity contribution in [1.29, 1.82) is 0 Å². The number of carbonyl (C=O) groups excluding carboxylic acids is 1. The first-order chi connectivity index (χ1) is 9.41. The molecule has 6 heteroatoms. The first-order valence-corrected chi connectivity index (χ1v) is 8.11. The van der Waals surface area contributed by atoms with Crippen molar-refractivity contribution in [2.75, 3.05) is 20.6 Å². The van der Waals surface area contributed by atoms with Crippen LogP contribution in [0.15, 0.2) is 0 Å². The summed E-state index contributed by atoms with van der Waals surface area (Å²) in [5, 5.41) is 3.06. The number of nitrogens with two attached hydrogens (primary N) is 1. The second-order valence-corrected chi connectivity index (χ2v) is 6.91. The minimum absolute atomic E-state index is 0. The van der Waals surface area contributed by atoms with Gasteiger partial charge in [-0.2, -0.15) is 0 Å². The summed E-state index contributed by atoms with van der Waals surface area (Å²) >= 11 is 0. The van der Waals surface area contributed by atoms with E-state index in [0.29, 0.717) is 17.9 Å². The number of hydrogen-bond acceptors (Lipinski definition) is 3. The van der Waals surface area contributed by atoms with E-state index >= 15 is 0 Å². The number of likely N-dealkylation sites (N-methyl/N-ethyl adjacent to an activating group) is 1. The molecule has 0 aromatic carbocycles. The van der Waals surface area contributed by atoms with Crippen LogP contribution in [0.25, 0.3) is 0 Å². The highest BCUT2D eigenvalue weighted by molar-refractivity contribution is 5.85. The number of hydrogen-bond donors (Lipinski definition) is 2. The van der Waals surface area contributed by atoms with Gasteiger partial charge in [-0.1, -0.05) is 33.1 Å². The molecule has 1 amide bonds. The van der Waals surface area contributed by atoms with Crippen LogP contribution in [-0.4, -0.2) is 43.5 Å². The highest BCUT2D eigenvalue weighted by Crippen LogP contribution is 2.28. The van der Waals surface area contributed by atoms with Crippen molar-refractivity contribution in [3.63, 3.8) is 0 Å². The fourth-order valence-corrected chi connectivity index (χ4v) is 3.24. The normalized spacial score (nSPS) is 18.3. The van der Waals surface area contributed by atoms with E-state index in [0.717, 1.165) is 13.0 Å². The maximum Gasteiger partial charge on any atom is 0.236 e. The molecule has 1 saturated carbocycles. The summed E-state index contributed by atoms with van der Waals surface area (Å²) in [4.78, 5) is 14.3. The molecule has 0 spiro atoms. The van der Waals surface area contributed by atoms with Crippen LogP contribution in [0.4, 0.5) is 0 Å². The van der Waals surface area contributed by atoms with Gasteiger partial charge >= 0.3 is 0 Å². The average molecular weight is 356 g/mol. The fraction of sp³-hybridized carbons (Fsp3) is 0.938. The molecule has 0 bridgehead atoms. The summed E-state index contributed by atoms with van der Waals surface area (Å²) in [5.74, 6) is 1.17. The summed E-state index contributed by atoms with van der Waals surface area (Å²) in [6, 6.07) is 0.0645. The number of halogens is 2. The Bertz CT molecular complexity index is 295. The van der Waals surface area contributed by atoms with Crippen molar-refractivity contribution in [2.24, 2.45) is 17.6 Å². The topological polar surface area (TPSA) is 58.4 Å². The third kappa shape index (κ3) is 8.56. The molecule has 3 N–H and O–H groups in total. The summed E-state index contributed by atoms with van der Waals surface area (Å²) in [5.41, 5.74) is 5.93. The Hall–Kier alpha value is -0.0300. The second kappa shape index (κ2) is 12.4. The van der Waals surface area contributed by atoms with Crippen molar-refractivity contribution in [3.05, 3.63) is 0 Å². The number of rotatable bonds is 7. The van der Waals surface area contributed by atoms with Gasteiger partial charge in [-0.15, -0.1) is 24.8 Å². The number of nitrogens with zero attached hydrogens (tertiary/aromatic N) is 1. The van der Waals surface area contributed by atoms with Gasteiger partial charge in [0.25, 0.3) is 0 Å². The third-order valence-corrected chi connectivity index (χ3v) is 4.40. The van der Waals surface area contributed by atoms with Crippen LogP contribution in [0.1, 0.15) is 52.4 Å². The number of nitrogens with one attached hydrogen (secondary N) is 1. The first kappa shape index (κ1) is 24.2. The van der Waals surface area contributed by atoms with E-state index in [2.05, 4.69) is 38.2 Å². The van der Waals surface area contributed by atoms with Crippen LogP contribution < -0.4 is 11.1 Å². The molecule has 1 fully saturated rings. The van der Waals surface area contributed by atoms with Crippen LogP contribution >= 0.6 is 24.8 Å². The molecule has 0 aliphatic heterocycles. The molecule has 4 nitrogen and oxygen atoms in total. The van der Waals surface area contributed by atoms with E-state index in [1.807, 2.05) is 0 Å². The SMILES string of the molecule is CC(C)C[C@H](N)C(=O)NCC(C1CCCCC1)N(C)C.Cl.Cl. The Kier molecular flexibility index (Phi) is 13.7. The molecule has 0 saturated heterocycles. The van der Waals surface area contributed by atoms with E-state index in [4.69, 9.17) is 5.73 Å². The predicted octanol–water partition coefficient (Wildman–Crippen LogP) is 2.83. The minimum Gasteiger partial charge on any atom is -0.353 e. The van der Waals surface area contributed by atoms with Crippen molar-refractivity contribution in [2.45, 2.75) is 64.5 Å². The van der Waals surface area contributed by atoms with E-state index in [-0.39, 0.29) is 36.8 Å². The molecular weight excluding hydrogens is 321 g/mol. The molecule has 0 aromatic rings. The van der Waals surface area contributed by atoms with Gasteiger partial charge in [0.1, 0.15) is 0 Å². The van der Waals surface area contributed by atoms with E-state index in [1.165, 1.54) is 32.1 Å². The molecule has 1 aliphatic carbocycles. The Labute approximate surface area is 148 Å². The van der Waals surface area contributed by atoms with Crippen LogP contribution in [-0.2, 0) is 4.79 Å². The van der Waals surface area contributed by atoms with Crippen LogP contribution in [0, 0.1) is 11.8 Å². The molecule has 0 aromatic heterocycles. The Balaban J connectivity index is 0. The van der Waals surface area contributed by atoms with Crippen molar-refractivity contribution in [3.8, 4) is 0 Å². The highest BCUT2D eigenvalue weighted by Gasteiger charge is 2.26. The largest absolute Gasteiger partial charge is 0.353 e. The molecule has 1 rings (SSSR count). The zero-order valence-corrected chi connectivity index (χ0v) is 16.1. The zero-order valence-electron chi connectivity index (χ0n) is 14.5. The van der Waals surface area contributed by atoms with E-state index < -0.39 is 0 Å². The summed E-state index contributed by atoms with van der Waals surface area (Å²) < 4.78 is 0. The lowest BCUT2D eigenvalue weighted by Gasteiger charge is -2.35. The van der Waals surface area contributed by atoms with Crippen molar-refractivity contribution in [1.82, 2.24) is 10.2 Å². The lowest BCUT2D eigenvalue weighted by atomic mass is 9.83. The maximum absolute atomic E-state index is 12.0. The van der Waals surface area contributed by atoms with E-state index in [1.54, 1.807) is 0 Å². The van der Waals surface area contributed by atoms with Crippen molar-refractivity contribution >= 4 is 30.7 Å². The van der Waals surface area contributed by atoms with Gasteiger partial charge < -0.3 is 16.0 Å². The smallest absolute Gasteiger partial charge is 0.236 e. The molecule has 22 heavy (non-hydrogen) atoms. The van der Waals surface area contributed by atoms with Gasteiger partial charge in [0.2, 0.25) is 5.91 Å². The summed E-state index contributed by atoms with van der Waals surface area (Å²) in [6.07, 6.45) is 7.35. The standard InChI is InChI=1S/C16H33N3O.2ClH/c1-12(2)10-14(17)16(20)18-11-15(19(3)4)13-8-6-5-7-9-13;;/h12-15H,5-11,17H2,1-4H3,(H,18,20);2*1H/t14-,15?;;/m0../s1. The quantitative estimate of drug-likeness (QED) is 0.738. The highest BCUT2D eigenvalue weighted by atomic mass is 35.5. The van der Waals surface area contributed by atoms with Crippen LogP contribution in [0.2, 0.25) is 0 Å². The van der Waals surface area contributed by atoms with E-state index in [9.17, 15) is 4.79 Å². The monoisotopic (exact) mass is 355 g/mol. The third-order valence-electron chi connectivity index (χ3n) is 4.40. The van der Waals surface area contributed by atoms with Crippen molar-refractivity contribution < 1.29 is 4.79 Å². The van der Waals surface area contributed by atoms with Gasteiger partial charge in [-0.05, 0) is 45.2 Å². The first-order valence-electron chi connectivity index (χ1n) is 8.11. The number of carbonyl (C=O) groups is 1. The second-order valence-electron chi connectivity index (χ2n) is 6.91. The van der Waals surface area contributed by atoms with Gasteiger partial charge in [0.15, 0.2) is 0 Å². The van der Waals surface area contributed by atoms with Gasteiger partial charge in [-0.25, -0.2) is 0 Å². The molecule has 1 aliphatic rings. The molecule has 1 unspecified atom stereocenters. The van der Waals surface area contributed by atoms with Gasteiger partial charge in [0.05, 0.1) is 6.04 Å². The molecule has 0 radical (unpaired) electrons. The molecule has 134 valence electrons. The summed E-state index contributed by atoms with van der Waals surface area (Å²) in [6.45, 7) is 4.91. The fourth-order valence-electron chi connectivity index (χ4n) is 3.24. The predicted molar refractivity (Wildman–Crippen MR) is 99.0 cm³/mol. The lowest BCUT2D eigenvalue weighted by molar-refractivity contribution is -0.123. The average Bonchev–Trinajstić information content (AvgIpc) is 2.38. The van der Waals surface area contributed by atoms with Gasteiger partial charge in [0, 0.05) is 12.6 Å². The molecular formula is C16H35Cl2N3O. The maximum atomic E-state index is 12.0.